The van der Waals surface area contributed by atoms with Gasteiger partial charge in [-0.25, -0.2) is 0 Å². The highest BCUT2D eigenvalue weighted by molar-refractivity contribution is 5.94. The predicted octanol–water partition coefficient (Wildman–Crippen LogP) is 2.25. The summed E-state index contributed by atoms with van der Waals surface area (Å²) < 4.78 is 5.43. The van der Waals surface area contributed by atoms with Crippen molar-refractivity contribution in [2.75, 3.05) is 52.4 Å². The largest absolute Gasteiger partial charge is 0.494 e. The van der Waals surface area contributed by atoms with Crippen molar-refractivity contribution in [3.8, 4) is 5.75 Å². The number of likely N-dealkylation sites (tertiary alicyclic amines) is 1. The van der Waals surface area contributed by atoms with Crippen molar-refractivity contribution < 1.29 is 14.3 Å². The van der Waals surface area contributed by atoms with E-state index in [2.05, 4.69) is 4.90 Å². The summed E-state index contributed by atoms with van der Waals surface area (Å²) in [7, 11) is 0. The van der Waals surface area contributed by atoms with Gasteiger partial charge in [0.15, 0.2) is 0 Å². The molecule has 148 valence electrons. The molecule has 2 fully saturated rings. The Balaban J connectivity index is 1.46. The number of piperazine rings is 1. The molecule has 0 unspecified atom stereocenters. The molecule has 1 aromatic carbocycles. The number of benzene rings is 1. The summed E-state index contributed by atoms with van der Waals surface area (Å²) in [6.07, 6.45) is 4.71. The first kappa shape index (κ1) is 19.7. The normalized spacial score (nSPS) is 18.9. The fraction of sp³-hybridized carbons (Fsp3) is 0.619. The quantitative estimate of drug-likeness (QED) is 0.794. The molecule has 6 heteroatoms. The van der Waals surface area contributed by atoms with Crippen LogP contribution < -0.4 is 4.74 Å². The number of nitrogens with zero attached hydrogens (tertiary/aromatic N) is 3. The minimum absolute atomic E-state index is 0.0524. The molecular weight excluding hydrogens is 342 g/mol. The molecule has 0 radical (unpaired) electrons. The zero-order valence-corrected chi connectivity index (χ0v) is 16.4. The molecule has 2 amide bonds. The summed E-state index contributed by atoms with van der Waals surface area (Å²) in [5, 5.41) is 0. The third-order valence-electron chi connectivity index (χ3n) is 5.39. The molecule has 2 aliphatic heterocycles. The fourth-order valence-corrected chi connectivity index (χ4v) is 3.76. The summed E-state index contributed by atoms with van der Waals surface area (Å²) in [4.78, 5) is 31.3. The molecule has 2 saturated heterocycles. The van der Waals surface area contributed by atoms with Gasteiger partial charge in [0, 0.05) is 44.8 Å². The molecule has 2 heterocycles. The highest BCUT2D eigenvalue weighted by Gasteiger charge is 2.25. The van der Waals surface area contributed by atoms with E-state index in [1.807, 2.05) is 41.0 Å². The molecule has 0 saturated carbocycles. The van der Waals surface area contributed by atoms with Crippen molar-refractivity contribution in [3.63, 3.8) is 0 Å². The molecule has 0 aromatic heterocycles. The van der Waals surface area contributed by atoms with Gasteiger partial charge in [-0.05, 0) is 44.0 Å². The standard InChI is InChI=1S/C21H31N3O3/c1-2-27-19-9-7-18(8-10-19)21(26)24-15-13-22(14-16-24)17-20(25)23-11-5-3-4-6-12-23/h7-10H,2-6,11-17H2,1H3. The van der Waals surface area contributed by atoms with Crippen molar-refractivity contribution in [1.29, 1.82) is 0 Å². The third-order valence-corrected chi connectivity index (χ3v) is 5.39. The van der Waals surface area contributed by atoms with Gasteiger partial charge in [0.2, 0.25) is 5.91 Å². The first-order valence-electron chi connectivity index (χ1n) is 10.2. The van der Waals surface area contributed by atoms with Crippen LogP contribution in [0.1, 0.15) is 43.0 Å². The van der Waals surface area contributed by atoms with E-state index in [-0.39, 0.29) is 11.8 Å². The van der Waals surface area contributed by atoms with Gasteiger partial charge in [-0.15, -0.1) is 0 Å². The van der Waals surface area contributed by atoms with Gasteiger partial charge in [0.05, 0.1) is 13.2 Å². The van der Waals surface area contributed by atoms with E-state index in [9.17, 15) is 9.59 Å². The van der Waals surface area contributed by atoms with Crippen LogP contribution in [0.25, 0.3) is 0 Å². The monoisotopic (exact) mass is 373 g/mol. The molecule has 0 bridgehead atoms. The Morgan fingerprint density at radius 2 is 1.48 bits per heavy atom. The van der Waals surface area contributed by atoms with Crippen molar-refractivity contribution in [2.24, 2.45) is 0 Å². The average molecular weight is 373 g/mol. The second-order valence-corrected chi connectivity index (χ2v) is 7.32. The van der Waals surface area contributed by atoms with E-state index in [1.165, 1.54) is 12.8 Å². The van der Waals surface area contributed by atoms with Crippen LogP contribution in [0.5, 0.6) is 5.75 Å². The van der Waals surface area contributed by atoms with Gasteiger partial charge in [-0.1, -0.05) is 12.8 Å². The third kappa shape index (κ3) is 5.45. The molecule has 3 rings (SSSR count). The molecule has 0 spiro atoms. The Bertz CT molecular complexity index is 616. The predicted molar refractivity (Wildman–Crippen MR) is 105 cm³/mol. The Morgan fingerprint density at radius 3 is 2.07 bits per heavy atom. The van der Waals surface area contributed by atoms with Crippen LogP contribution in [0.15, 0.2) is 24.3 Å². The summed E-state index contributed by atoms with van der Waals surface area (Å²) in [5.74, 6) is 1.07. The maximum Gasteiger partial charge on any atom is 0.253 e. The fourth-order valence-electron chi connectivity index (χ4n) is 3.76. The lowest BCUT2D eigenvalue weighted by atomic mass is 10.1. The number of amides is 2. The van der Waals surface area contributed by atoms with E-state index < -0.39 is 0 Å². The highest BCUT2D eigenvalue weighted by Crippen LogP contribution is 2.15. The molecule has 0 N–H and O–H groups in total. The smallest absolute Gasteiger partial charge is 0.253 e. The topological polar surface area (TPSA) is 53.1 Å². The average Bonchev–Trinajstić information content (AvgIpc) is 2.98. The number of carbonyl (C=O) groups is 2. The van der Waals surface area contributed by atoms with Crippen molar-refractivity contribution in [3.05, 3.63) is 29.8 Å². The van der Waals surface area contributed by atoms with Crippen LogP contribution in [-0.4, -0.2) is 78.9 Å². The minimum atomic E-state index is 0.0524. The van der Waals surface area contributed by atoms with Crippen LogP contribution in [0.2, 0.25) is 0 Å². The number of carbonyl (C=O) groups excluding carboxylic acids is 2. The number of hydrogen-bond donors (Lipinski definition) is 0. The zero-order valence-electron chi connectivity index (χ0n) is 16.4. The summed E-state index contributed by atoms with van der Waals surface area (Å²) >= 11 is 0. The molecule has 6 nitrogen and oxygen atoms in total. The molecule has 1 aromatic rings. The number of rotatable bonds is 5. The Hall–Kier alpha value is -2.08. The van der Waals surface area contributed by atoms with Crippen LogP contribution in [0, 0.1) is 0 Å². The van der Waals surface area contributed by atoms with E-state index in [0.29, 0.717) is 31.8 Å². The van der Waals surface area contributed by atoms with Gasteiger partial charge in [0.25, 0.3) is 5.91 Å². The summed E-state index contributed by atoms with van der Waals surface area (Å²) in [6, 6.07) is 7.32. The van der Waals surface area contributed by atoms with Gasteiger partial charge in [0.1, 0.15) is 5.75 Å². The van der Waals surface area contributed by atoms with Crippen LogP contribution in [0.4, 0.5) is 0 Å². The number of ether oxygens (including phenoxy) is 1. The van der Waals surface area contributed by atoms with E-state index in [0.717, 1.165) is 44.8 Å². The second-order valence-electron chi connectivity index (χ2n) is 7.32. The van der Waals surface area contributed by atoms with Gasteiger partial charge in [-0.3, -0.25) is 14.5 Å². The van der Waals surface area contributed by atoms with Crippen LogP contribution in [-0.2, 0) is 4.79 Å². The summed E-state index contributed by atoms with van der Waals surface area (Å²) in [5.41, 5.74) is 0.688. The van der Waals surface area contributed by atoms with Gasteiger partial charge < -0.3 is 14.5 Å². The van der Waals surface area contributed by atoms with Gasteiger partial charge >= 0.3 is 0 Å². The lowest BCUT2D eigenvalue weighted by molar-refractivity contribution is -0.132. The SMILES string of the molecule is CCOc1ccc(C(=O)N2CCN(CC(=O)N3CCCCCC3)CC2)cc1. The maximum absolute atomic E-state index is 12.7. The van der Waals surface area contributed by atoms with E-state index in [4.69, 9.17) is 4.74 Å². The van der Waals surface area contributed by atoms with Gasteiger partial charge in [-0.2, -0.15) is 0 Å². The molecule has 0 aliphatic carbocycles. The second kappa shape index (κ2) is 9.74. The minimum Gasteiger partial charge on any atom is -0.494 e. The number of hydrogen-bond acceptors (Lipinski definition) is 4. The first-order chi connectivity index (χ1) is 13.2. The zero-order chi connectivity index (χ0) is 19.1. The Morgan fingerprint density at radius 1 is 0.852 bits per heavy atom. The van der Waals surface area contributed by atoms with Crippen molar-refractivity contribution in [1.82, 2.24) is 14.7 Å². The van der Waals surface area contributed by atoms with E-state index >= 15 is 0 Å². The lowest BCUT2D eigenvalue weighted by Crippen LogP contribution is -2.51. The molecule has 0 atom stereocenters. The Labute approximate surface area is 162 Å². The molecule has 2 aliphatic rings. The molecular formula is C21H31N3O3. The van der Waals surface area contributed by atoms with Crippen molar-refractivity contribution in [2.45, 2.75) is 32.6 Å². The van der Waals surface area contributed by atoms with Crippen LogP contribution in [0.3, 0.4) is 0 Å². The highest BCUT2D eigenvalue weighted by atomic mass is 16.5. The maximum atomic E-state index is 12.7. The van der Waals surface area contributed by atoms with E-state index in [1.54, 1.807) is 0 Å². The van der Waals surface area contributed by atoms with Crippen molar-refractivity contribution >= 4 is 11.8 Å². The summed E-state index contributed by atoms with van der Waals surface area (Å²) in [6.45, 7) is 7.67. The van der Waals surface area contributed by atoms with Crippen LogP contribution >= 0.6 is 0 Å². The molecule has 27 heavy (non-hydrogen) atoms. The first-order valence-corrected chi connectivity index (χ1v) is 10.2. The Kier molecular flexibility index (Phi) is 7.10. The lowest BCUT2D eigenvalue weighted by Gasteiger charge is -2.35.